The molecule has 0 saturated carbocycles. The Morgan fingerprint density at radius 3 is 2.86 bits per heavy atom. The van der Waals surface area contributed by atoms with Crippen LogP contribution in [0.2, 0.25) is 0 Å². The van der Waals surface area contributed by atoms with E-state index in [0.717, 1.165) is 0 Å². The van der Waals surface area contributed by atoms with Gasteiger partial charge in [0.15, 0.2) is 0 Å². The zero-order valence-electron chi connectivity index (χ0n) is 7.96. The molecule has 0 aromatic heterocycles. The van der Waals surface area contributed by atoms with Gasteiger partial charge in [-0.15, -0.1) is 0 Å². The SMILES string of the molecule is CC1CC(O)C(O)/C=C/C=C\C(=O)O1. The van der Waals surface area contributed by atoms with E-state index in [1.54, 1.807) is 6.92 Å². The number of hydrogen-bond acceptors (Lipinski definition) is 4. The maximum absolute atomic E-state index is 11.0. The van der Waals surface area contributed by atoms with Crippen molar-refractivity contribution in [2.75, 3.05) is 0 Å². The van der Waals surface area contributed by atoms with Crippen molar-refractivity contribution in [1.82, 2.24) is 0 Å². The molecule has 1 aliphatic heterocycles. The van der Waals surface area contributed by atoms with Crippen LogP contribution in [-0.4, -0.2) is 34.5 Å². The van der Waals surface area contributed by atoms with Gasteiger partial charge in [0.05, 0.1) is 12.2 Å². The fraction of sp³-hybridized carbons (Fsp3) is 0.500. The second kappa shape index (κ2) is 4.93. The van der Waals surface area contributed by atoms with Gasteiger partial charge in [0.2, 0.25) is 0 Å². The van der Waals surface area contributed by atoms with Crippen molar-refractivity contribution in [3.63, 3.8) is 0 Å². The number of rotatable bonds is 0. The largest absolute Gasteiger partial charge is 0.459 e. The Balaban J connectivity index is 2.73. The topological polar surface area (TPSA) is 66.8 Å². The number of aliphatic hydroxyl groups excluding tert-OH is 2. The standard InChI is InChI=1S/C10H14O4/c1-7-6-9(12)8(11)4-2-3-5-10(13)14-7/h2-5,7-9,11-12H,6H2,1H3/b4-2+,5-3-. The average molecular weight is 198 g/mol. The second-order valence-corrected chi connectivity index (χ2v) is 3.29. The summed E-state index contributed by atoms with van der Waals surface area (Å²) in [6.45, 7) is 1.67. The monoisotopic (exact) mass is 198 g/mol. The molecule has 4 nitrogen and oxygen atoms in total. The predicted molar refractivity (Wildman–Crippen MR) is 50.5 cm³/mol. The maximum Gasteiger partial charge on any atom is 0.331 e. The van der Waals surface area contributed by atoms with Crippen molar-refractivity contribution < 1.29 is 19.7 Å². The minimum atomic E-state index is -0.918. The summed E-state index contributed by atoms with van der Waals surface area (Å²) in [5.41, 5.74) is 0. The first-order valence-electron chi connectivity index (χ1n) is 4.51. The fourth-order valence-electron chi connectivity index (χ4n) is 1.21. The third kappa shape index (κ3) is 3.32. The Labute approximate surface area is 82.5 Å². The van der Waals surface area contributed by atoms with Crippen LogP contribution in [0.5, 0.6) is 0 Å². The Morgan fingerprint density at radius 2 is 2.14 bits per heavy atom. The highest BCUT2D eigenvalue weighted by molar-refractivity contribution is 5.82. The number of cyclic esters (lactones) is 1. The maximum atomic E-state index is 11.0. The van der Waals surface area contributed by atoms with Crippen molar-refractivity contribution in [2.24, 2.45) is 0 Å². The first-order valence-corrected chi connectivity index (χ1v) is 4.51. The van der Waals surface area contributed by atoms with Crippen molar-refractivity contribution in [2.45, 2.75) is 31.7 Å². The molecule has 0 aromatic carbocycles. The van der Waals surface area contributed by atoms with Crippen LogP contribution in [0, 0.1) is 0 Å². The van der Waals surface area contributed by atoms with Crippen LogP contribution in [0.3, 0.4) is 0 Å². The molecule has 78 valence electrons. The van der Waals surface area contributed by atoms with Gasteiger partial charge < -0.3 is 14.9 Å². The molecular weight excluding hydrogens is 184 g/mol. The van der Waals surface area contributed by atoms with E-state index in [2.05, 4.69) is 0 Å². The molecule has 3 atom stereocenters. The summed E-state index contributed by atoms with van der Waals surface area (Å²) in [6.07, 6.45) is 3.69. The van der Waals surface area contributed by atoms with Crippen LogP contribution in [0.25, 0.3) is 0 Å². The lowest BCUT2D eigenvalue weighted by Crippen LogP contribution is -2.29. The molecule has 1 heterocycles. The highest BCUT2D eigenvalue weighted by Crippen LogP contribution is 2.09. The smallest absolute Gasteiger partial charge is 0.331 e. The molecule has 0 amide bonds. The van der Waals surface area contributed by atoms with E-state index in [0.29, 0.717) is 0 Å². The molecule has 0 radical (unpaired) electrons. The minimum absolute atomic E-state index is 0.227. The lowest BCUT2D eigenvalue weighted by atomic mass is 10.1. The normalized spacial score (nSPS) is 38.5. The Hall–Kier alpha value is -1.13. The first-order chi connectivity index (χ1) is 6.59. The molecule has 0 bridgehead atoms. The lowest BCUT2D eigenvalue weighted by Gasteiger charge is -2.19. The van der Waals surface area contributed by atoms with Gasteiger partial charge in [-0.2, -0.15) is 0 Å². The van der Waals surface area contributed by atoms with Gasteiger partial charge in [-0.05, 0) is 6.92 Å². The van der Waals surface area contributed by atoms with E-state index in [1.807, 2.05) is 0 Å². The van der Waals surface area contributed by atoms with Gasteiger partial charge >= 0.3 is 5.97 Å². The van der Waals surface area contributed by atoms with Crippen LogP contribution in [0.15, 0.2) is 24.3 Å². The first kappa shape index (κ1) is 10.9. The lowest BCUT2D eigenvalue weighted by molar-refractivity contribution is -0.144. The predicted octanol–water partition coefficient (Wildman–Crippen LogP) is 0.156. The van der Waals surface area contributed by atoms with Crippen molar-refractivity contribution >= 4 is 5.97 Å². The number of hydrogen-bond donors (Lipinski definition) is 2. The van der Waals surface area contributed by atoms with Crippen molar-refractivity contribution in [3.8, 4) is 0 Å². The molecule has 4 heteroatoms. The number of allylic oxidation sites excluding steroid dienone is 2. The van der Waals surface area contributed by atoms with Gasteiger partial charge in [0.1, 0.15) is 6.10 Å². The zero-order chi connectivity index (χ0) is 10.6. The summed E-state index contributed by atoms with van der Waals surface area (Å²) in [5, 5.41) is 18.8. The average Bonchev–Trinajstić information content (AvgIpc) is 2.10. The Kier molecular flexibility index (Phi) is 3.85. The summed E-state index contributed by atoms with van der Waals surface area (Å²) in [4.78, 5) is 11.0. The molecular formula is C10H14O4. The Bertz CT molecular complexity index is 257. The number of ether oxygens (including phenoxy) is 1. The van der Waals surface area contributed by atoms with Crippen LogP contribution >= 0.6 is 0 Å². The third-order valence-corrected chi connectivity index (χ3v) is 1.94. The summed E-state index contributed by atoms with van der Waals surface area (Å²) in [5.74, 6) is -0.439. The second-order valence-electron chi connectivity index (χ2n) is 3.29. The van der Waals surface area contributed by atoms with E-state index >= 15 is 0 Å². The minimum Gasteiger partial charge on any atom is -0.459 e. The van der Waals surface area contributed by atoms with E-state index in [9.17, 15) is 15.0 Å². The number of aliphatic hydroxyl groups is 2. The van der Waals surface area contributed by atoms with Crippen LogP contribution in [-0.2, 0) is 9.53 Å². The van der Waals surface area contributed by atoms with E-state index in [1.165, 1.54) is 24.3 Å². The van der Waals surface area contributed by atoms with Gasteiger partial charge in [0.25, 0.3) is 0 Å². The molecule has 2 N–H and O–H groups in total. The van der Waals surface area contributed by atoms with Gasteiger partial charge in [0, 0.05) is 12.5 Å². The van der Waals surface area contributed by atoms with Crippen molar-refractivity contribution in [1.29, 1.82) is 0 Å². The fourth-order valence-corrected chi connectivity index (χ4v) is 1.21. The van der Waals surface area contributed by atoms with Gasteiger partial charge in [-0.3, -0.25) is 0 Å². The summed E-state index contributed by atoms with van der Waals surface area (Å²) < 4.78 is 4.91. The highest BCUT2D eigenvalue weighted by Gasteiger charge is 2.19. The summed E-state index contributed by atoms with van der Waals surface area (Å²) in [6, 6.07) is 0. The molecule has 0 aliphatic carbocycles. The third-order valence-electron chi connectivity index (χ3n) is 1.94. The molecule has 1 rings (SSSR count). The molecule has 0 aromatic rings. The number of esters is 1. The number of carbonyl (C=O) groups is 1. The van der Waals surface area contributed by atoms with E-state index < -0.39 is 24.3 Å². The zero-order valence-corrected chi connectivity index (χ0v) is 7.96. The van der Waals surface area contributed by atoms with E-state index in [4.69, 9.17) is 4.74 Å². The molecule has 0 saturated heterocycles. The molecule has 14 heavy (non-hydrogen) atoms. The van der Waals surface area contributed by atoms with Crippen molar-refractivity contribution in [3.05, 3.63) is 24.3 Å². The highest BCUT2D eigenvalue weighted by atomic mass is 16.5. The van der Waals surface area contributed by atoms with Gasteiger partial charge in [-0.25, -0.2) is 4.79 Å². The quantitative estimate of drug-likeness (QED) is 0.544. The summed E-state index contributed by atoms with van der Waals surface area (Å²) >= 11 is 0. The van der Waals surface area contributed by atoms with E-state index in [-0.39, 0.29) is 6.42 Å². The molecule has 0 spiro atoms. The van der Waals surface area contributed by atoms with Crippen LogP contribution < -0.4 is 0 Å². The Morgan fingerprint density at radius 1 is 1.43 bits per heavy atom. The number of carbonyl (C=O) groups excluding carboxylic acids is 1. The van der Waals surface area contributed by atoms with Crippen LogP contribution in [0.4, 0.5) is 0 Å². The van der Waals surface area contributed by atoms with Crippen LogP contribution in [0.1, 0.15) is 13.3 Å². The molecule has 0 fully saturated rings. The molecule has 1 aliphatic rings. The summed E-state index contributed by atoms with van der Waals surface area (Å²) in [7, 11) is 0. The molecule has 3 unspecified atom stereocenters. The van der Waals surface area contributed by atoms with Gasteiger partial charge in [-0.1, -0.05) is 18.2 Å².